The molecule has 5 heteroatoms. The minimum absolute atomic E-state index is 0.113. The van der Waals surface area contributed by atoms with Gasteiger partial charge >= 0.3 is 0 Å². The van der Waals surface area contributed by atoms with E-state index in [0.717, 1.165) is 25.5 Å². The van der Waals surface area contributed by atoms with E-state index in [0.29, 0.717) is 0 Å². The summed E-state index contributed by atoms with van der Waals surface area (Å²) in [5.41, 5.74) is 2.33. The maximum Gasteiger partial charge on any atom is 0.0603 e. The summed E-state index contributed by atoms with van der Waals surface area (Å²) < 4.78 is 3.14. The summed E-state index contributed by atoms with van der Waals surface area (Å²) in [6.45, 7) is 2.99. The molecule has 2 nitrogen and oxygen atoms in total. The molecule has 1 atom stereocenters. The first-order valence-electron chi connectivity index (χ1n) is 5.90. The lowest BCUT2D eigenvalue weighted by Gasteiger charge is -2.20. The van der Waals surface area contributed by atoms with Crippen molar-refractivity contribution in [2.24, 2.45) is 0 Å². The van der Waals surface area contributed by atoms with Crippen molar-refractivity contribution in [3.05, 3.63) is 61.2 Å². The molecule has 0 radical (unpaired) electrons. The van der Waals surface area contributed by atoms with E-state index in [-0.39, 0.29) is 6.04 Å². The highest BCUT2D eigenvalue weighted by Crippen LogP contribution is 2.31. The van der Waals surface area contributed by atoms with Crippen molar-refractivity contribution in [1.29, 1.82) is 0 Å². The van der Waals surface area contributed by atoms with Gasteiger partial charge in [-0.05, 0) is 57.9 Å². The number of hydrogen-bond donors (Lipinski definition) is 1. The summed E-state index contributed by atoms with van der Waals surface area (Å²) in [5.74, 6) is 0. The first kappa shape index (κ1) is 15.2. The third kappa shape index (κ3) is 3.88. The van der Waals surface area contributed by atoms with Gasteiger partial charge in [0.2, 0.25) is 0 Å². The Balaban J connectivity index is 2.48. The molecule has 1 N–H and O–H groups in total. The molecule has 0 saturated heterocycles. The van der Waals surface area contributed by atoms with Gasteiger partial charge in [0.1, 0.15) is 0 Å². The van der Waals surface area contributed by atoms with Gasteiger partial charge in [-0.2, -0.15) is 0 Å². The fraction of sp³-hybridized carbons (Fsp3) is 0.214. The summed E-state index contributed by atoms with van der Waals surface area (Å²) in [7, 11) is 0. The molecular weight excluding hydrogens is 436 g/mol. The zero-order valence-corrected chi connectivity index (χ0v) is 15.1. The van der Waals surface area contributed by atoms with Gasteiger partial charge < -0.3 is 5.32 Å². The molecule has 100 valence electrons. The smallest absolute Gasteiger partial charge is 0.0603 e. The SMILES string of the molecule is CCNC(c1cncc(Br)c1)c1cc(Br)ccc1Br. The number of hydrogen-bond acceptors (Lipinski definition) is 2. The van der Waals surface area contributed by atoms with Gasteiger partial charge in [-0.15, -0.1) is 0 Å². The first-order valence-corrected chi connectivity index (χ1v) is 8.28. The van der Waals surface area contributed by atoms with Crippen LogP contribution in [0.2, 0.25) is 0 Å². The Hall–Kier alpha value is -0.230. The number of aromatic nitrogens is 1. The van der Waals surface area contributed by atoms with Crippen LogP contribution in [0.4, 0.5) is 0 Å². The van der Waals surface area contributed by atoms with Crippen LogP contribution >= 0.6 is 47.8 Å². The molecule has 0 bridgehead atoms. The van der Waals surface area contributed by atoms with Crippen LogP contribution in [0, 0.1) is 0 Å². The predicted octanol–water partition coefficient (Wildman–Crippen LogP) is 5.07. The monoisotopic (exact) mass is 446 g/mol. The molecule has 0 aliphatic rings. The lowest BCUT2D eigenvalue weighted by atomic mass is 10.0. The van der Waals surface area contributed by atoms with Gasteiger partial charge in [0.05, 0.1) is 6.04 Å². The minimum Gasteiger partial charge on any atom is -0.306 e. The molecule has 1 heterocycles. The summed E-state index contributed by atoms with van der Waals surface area (Å²) in [6, 6.07) is 8.40. The zero-order valence-electron chi connectivity index (χ0n) is 10.3. The van der Waals surface area contributed by atoms with Crippen LogP contribution in [0.15, 0.2) is 50.1 Å². The van der Waals surface area contributed by atoms with E-state index in [9.17, 15) is 0 Å². The van der Waals surface area contributed by atoms with E-state index in [4.69, 9.17) is 0 Å². The molecule has 0 fully saturated rings. The number of benzene rings is 1. The number of pyridine rings is 1. The number of nitrogens with one attached hydrogen (secondary N) is 1. The van der Waals surface area contributed by atoms with Gasteiger partial charge in [-0.25, -0.2) is 0 Å². The second-order valence-corrected chi connectivity index (χ2v) is 6.78. The van der Waals surface area contributed by atoms with Crippen LogP contribution in [-0.4, -0.2) is 11.5 Å². The topological polar surface area (TPSA) is 24.9 Å². The van der Waals surface area contributed by atoms with E-state index < -0.39 is 0 Å². The molecule has 0 spiro atoms. The number of nitrogens with zero attached hydrogens (tertiary/aromatic N) is 1. The van der Waals surface area contributed by atoms with Crippen molar-refractivity contribution < 1.29 is 0 Å². The fourth-order valence-electron chi connectivity index (χ4n) is 1.93. The molecule has 0 aliphatic carbocycles. The second kappa shape index (κ2) is 6.97. The maximum atomic E-state index is 4.25. The first-order chi connectivity index (χ1) is 9.11. The summed E-state index contributed by atoms with van der Waals surface area (Å²) in [6.07, 6.45) is 3.69. The molecule has 0 aliphatic heterocycles. The third-order valence-corrected chi connectivity index (χ3v) is 4.39. The van der Waals surface area contributed by atoms with E-state index >= 15 is 0 Å². The van der Waals surface area contributed by atoms with Crippen molar-refractivity contribution in [2.75, 3.05) is 6.54 Å². The molecular formula is C14H13Br3N2. The van der Waals surface area contributed by atoms with Crippen LogP contribution in [0.3, 0.4) is 0 Å². The average molecular weight is 449 g/mol. The average Bonchev–Trinajstić information content (AvgIpc) is 2.39. The van der Waals surface area contributed by atoms with E-state index in [1.165, 1.54) is 5.56 Å². The van der Waals surface area contributed by atoms with Crippen molar-refractivity contribution in [3.63, 3.8) is 0 Å². The van der Waals surface area contributed by atoms with Gasteiger partial charge in [0, 0.05) is 25.8 Å². The van der Waals surface area contributed by atoms with Crippen molar-refractivity contribution in [1.82, 2.24) is 10.3 Å². The van der Waals surface area contributed by atoms with Crippen LogP contribution < -0.4 is 5.32 Å². The molecule has 0 saturated carbocycles. The Morgan fingerprint density at radius 3 is 2.58 bits per heavy atom. The van der Waals surface area contributed by atoms with Crippen molar-refractivity contribution in [3.8, 4) is 0 Å². The lowest BCUT2D eigenvalue weighted by Crippen LogP contribution is -2.22. The van der Waals surface area contributed by atoms with Crippen LogP contribution in [0.1, 0.15) is 24.1 Å². The Bertz CT molecular complexity index is 572. The van der Waals surface area contributed by atoms with E-state index in [2.05, 4.69) is 83.2 Å². The molecule has 1 aromatic heterocycles. The lowest BCUT2D eigenvalue weighted by molar-refractivity contribution is 0.626. The second-order valence-electron chi connectivity index (χ2n) is 4.09. The van der Waals surface area contributed by atoms with Gasteiger partial charge in [0.25, 0.3) is 0 Å². The Labute approximate surface area is 138 Å². The van der Waals surface area contributed by atoms with E-state index in [1.807, 2.05) is 12.3 Å². The largest absolute Gasteiger partial charge is 0.306 e. The highest BCUT2D eigenvalue weighted by atomic mass is 79.9. The van der Waals surface area contributed by atoms with Crippen LogP contribution in [0.5, 0.6) is 0 Å². The molecule has 0 amide bonds. The standard InChI is InChI=1S/C14H13Br3N2/c1-2-19-14(9-5-11(16)8-18-7-9)12-6-10(15)3-4-13(12)17/h3-8,14,19H,2H2,1H3. The van der Waals surface area contributed by atoms with Crippen molar-refractivity contribution >= 4 is 47.8 Å². The van der Waals surface area contributed by atoms with E-state index in [1.54, 1.807) is 6.20 Å². The summed E-state index contributed by atoms with van der Waals surface area (Å²) >= 11 is 10.6. The van der Waals surface area contributed by atoms with Gasteiger partial charge in [-0.1, -0.05) is 38.8 Å². The van der Waals surface area contributed by atoms with Crippen LogP contribution in [0.25, 0.3) is 0 Å². The molecule has 2 rings (SSSR count). The van der Waals surface area contributed by atoms with Crippen LogP contribution in [-0.2, 0) is 0 Å². The molecule has 1 aromatic carbocycles. The molecule has 2 aromatic rings. The Morgan fingerprint density at radius 2 is 1.89 bits per heavy atom. The molecule has 19 heavy (non-hydrogen) atoms. The number of halogens is 3. The Kier molecular flexibility index (Phi) is 5.57. The summed E-state index contributed by atoms with van der Waals surface area (Å²) in [5, 5.41) is 3.50. The molecule has 1 unspecified atom stereocenters. The highest BCUT2D eigenvalue weighted by Gasteiger charge is 2.16. The van der Waals surface area contributed by atoms with Crippen molar-refractivity contribution in [2.45, 2.75) is 13.0 Å². The normalized spacial score (nSPS) is 12.4. The zero-order chi connectivity index (χ0) is 13.8. The Morgan fingerprint density at radius 1 is 1.11 bits per heavy atom. The minimum atomic E-state index is 0.113. The van der Waals surface area contributed by atoms with Gasteiger partial charge in [-0.3, -0.25) is 4.98 Å². The highest BCUT2D eigenvalue weighted by molar-refractivity contribution is 9.11. The predicted molar refractivity (Wildman–Crippen MR) is 89.3 cm³/mol. The summed E-state index contributed by atoms with van der Waals surface area (Å²) in [4.78, 5) is 4.25. The van der Waals surface area contributed by atoms with Gasteiger partial charge in [0.15, 0.2) is 0 Å². The third-order valence-electron chi connectivity index (χ3n) is 2.74. The number of rotatable bonds is 4. The maximum absolute atomic E-state index is 4.25. The fourth-order valence-corrected chi connectivity index (χ4v) is 3.17. The quantitative estimate of drug-likeness (QED) is 0.706.